The Kier molecular flexibility index (Phi) is 5.20. The molecule has 1 aliphatic rings. The number of carbonyl (C=O) groups excluding carboxylic acids is 1. The zero-order chi connectivity index (χ0) is 20.4. The van der Waals surface area contributed by atoms with Crippen molar-refractivity contribution in [3.05, 3.63) is 66.1 Å². The molecule has 1 aromatic heterocycles. The molecule has 2 heterocycles. The maximum absolute atomic E-state index is 14.0. The molecule has 0 bridgehead atoms. The third-order valence-corrected chi connectivity index (χ3v) is 5.24. The van der Waals surface area contributed by atoms with Crippen molar-refractivity contribution in [1.82, 2.24) is 14.7 Å². The maximum atomic E-state index is 14.0. The lowest BCUT2D eigenvalue weighted by Crippen LogP contribution is -2.49. The van der Waals surface area contributed by atoms with Gasteiger partial charge in [-0.2, -0.15) is 5.10 Å². The summed E-state index contributed by atoms with van der Waals surface area (Å²) in [4.78, 5) is 16.8. The fourth-order valence-electron chi connectivity index (χ4n) is 3.59. The first kappa shape index (κ1) is 19.0. The monoisotopic (exact) mass is 394 g/mol. The summed E-state index contributed by atoms with van der Waals surface area (Å²) in [6.07, 6.45) is 0. The van der Waals surface area contributed by atoms with E-state index in [9.17, 15) is 9.18 Å². The third kappa shape index (κ3) is 3.81. The van der Waals surface area contributed by atoms with E-state index in [-0.39, 0.29) is 11.7 Å². The van der Waals surface area contributed by atoms with Crippen LogP contribution in [0.4, 0.5) is 10.1 Å². The minimum absolute atomic E-state index is 0.0621. The van der Waals surface area contributed by atoms with E-state index in [1.165, 1.54) is 6.07 Å². The number of amides is 1. The van der Waals surface area contributed by atoms with Crippen molar-refractivity contribution < 1.29 is 13.9 Å². The fraction of sp³-hybridized carbons (Fsp3) is 0.273. The number of para-hydroxylation sites is 1. The van der Waals surface area contributed by atoms with Crippen LogP contribution in [0.5, 0.6) is 5.75 Å². The molecule has 0 radical (unpaired) electrons. The third-order valence-electron chi connectivity index (χ3n) is 5.24. The number of piperazine rings is 1. The Labute approximate surface area is 169 Å². The van der Waals surface area contributed by atoms with Crippen LogP contribution in [0.3, 0.4) is 0 Å². The van der Waals surface area contributed by atoms with Crippen molar-refractivity contribution in [2.45, 2.75) is 0 Å². The predicted molar refractivity (Wildman–Crippen MR) is 110 cm³/mol. The summed E-state index contributed by atoms with van der Waals surface area (Å²) in [6, 6.07) is 16.1. The number of nitrogens with zero attached hydrogens (tertiary/aromatic N) is 4. The first-order valence-corrected chi connectivity index (χ1v) is 9.54. The molecule has 1 amide bonds. The molecule has 0 unspecified atom stereocenters. The number of rotatable bonds is 4. The molecule has 7 heteroatoms. The smallest absolute Gasteiger partial charge is 0.272 e. The summed E-state index contributed by atoms with van der Waals surface area (Å²) in [5, 5.41) is 4.49. The van der Waals surface area contributed by atoms with Crippen LogP contribution >= 0.6 is 0 Å². The minimum atomic E-state index is -0.233. The van der Waals surface area contributed by atoms with Crippen LogP contribution in [0.1, 0.15) is 10.5 Å². The van der Waals surface area contributed by atoms with Crippen molar-refractivity contribution >= 4 is 11.6 Å². The average Bonchev–Trinajstić information content (AvgIpc) is 3.15. The Bertz CT molecular complexity index is 1010. The lowest BCUT2D eigenvalue weighted by molar-refractivity contribution is 0.0735. The van der Waals surface area contributed by atoms with Gasteiger partial charge < -0.3 is 14.5 Å². The highest BCUT2D eigenvalue weighted by molar-refractivity contribution is 5.94. The molecule has 0 atom stereocenters. The Morgan fingerprint density at radius 3 is 2.38 bits per heavy atom. The van der Waals surface area contributed by atoms with Gasteiger partial charge in [0.1, 0.15) is 17.3 Å². The number of ether oxygens (including phenoxy) is 1. The predicted octanol–water partition coefficient (Wildman–Crippen LogP) is 3.20. The van der Waals surface area contributed by atoms with Gasteiger partial charge in [-0.15, -0.1) is 0 Å². The number of carbonyl (C=O) groups is 1. The van der Waals surface area contributed by atoms with Crippen molar-refractivity contribution in [3.8, 4) is 17.0 Å². The van der Waals surface area contributed by atoms with E-state index < -0.39 is 0 Å². The van der Waals surface area contributed by atoms with Crippen molar-refractivity contribution in [2.75, 3.05) is 38.2 Å². The molecular formula is C22H23FN4O2. The Hall–Kier alpha value is -3.35. The van der Waals surface area contributed by atoms with Gasteiger partial charge in [0.25, 0.3) is 5.91 Å². The topological polar surface area (TPSA) is 50.6 Å². The highest BCUT2D eigenvalue weighted by Gasteiger charge is 2.26. The zero-order valence-electron chi connectivity index (χ0n) is 16.5. The molecule has 29 heavy (non-hydrogen) atoms. The van der Waals surface area contributed by atoms with Crippen LogP contribution in [-0.2, 0) is 7.05 Å². The van der Waals surface area contributed by atoms with Gasteiger partial charge in [0.05, 0.1) is 18.5 Å². The van der Waals surface area contributed by atoms with Crippen molar-refractivity contribution in [2.24, 2.45) is 7.05 Å². The average molecular weight is 394 g/mol. The molecule has 0 spiro atoms. The Morgan fingerprint density at radius 2 is 1.72 bits per heavy atom. The van der Waals surface area contributed by atoms with Gasteiger partial charge in [-0.3, -0.25) is 9.48 Å². The van der Waals surface area contributed by atoms with Crippen molar-refractivity contribution in [1.29, 1.82) is 0 Å². The first-order valence-electron chi connectivity index (χ1n) is 9.54. The molecule has 0 N–H and O–H groups in total. The molecule has 0 saturated carbocycles. The molecule has 150 valence electrons. The largest absolute Gasteiger partial charge is 0.497 e. The standard InChI is InChI=1S/C22H23FN4O2/c1-25-21(15-19(24-25)16-7-9-17(29-2)10-8-16)22(28)27-13-11-26(12-14-27)20-6-4-3-5-18(20)23/h3-10,15H,11-14H2,1-2H3. The van der Waals surface area contributed by atoms with Crippen LogP contribution in [0.25, 0.3) is 11.3 Å². The van der Waals surface area contributed by atoms with Gasteiger partial charge >= 0.3 is 0 Å². The van der Waals surface area contributed by atoms with E-state index in [0.717, 1.165) is 17.0 Å². The molecule has 1 saturated heterocycles. The molecule has 2 aromatic carbocycles. The van der Waals surface area contributed by atoms with E-state index >= 15 is 0 Å². The van der Waals surface area contributed by atoms with Crippen LogP contribution in [-0.4, -0.2) is 53.9 Å². The molecular weight excluding hydrogens is 371 g/mol. The first-order chi connectivity index (χ1) is 14.1. The van der Waals surface area contributed by atoms with Crippen LogP contribution in [0.2, 0.25) is 0 Å². The summed E-state index contributed by atoms with van der Waals surface area (Å²) < 4.78 is 20.8. The number of aromatic nitrogens is 2. The number of hydrogen-bond acceptors (Lipinski definition) is 4. The second kappa shape index (κ2) is 7.95. The SMILES string of the molecule is COc1ccc(-c2cc(C(=O)N3CCN(c4ccccc4F)CC3)n(C)n2)cc1. The normalized spacial score (nSPS) is 14.2. The molecule has 1 aliphatic heterocycles. The van der Waals surface area contributed by atoms with E-state index in [2.05, 4.69) is 5.10 Å². The van der Waals surface area contributed by atoms with Crippen LogP contribution in [0.15, 0.2) is 54.6 Å². The highest BCUT2D eigenvalue weighted by Crippen LogP contribution is 2.24. The number of halogens is 1. The molecule has 3 aromatic rings. The van der Waals surface area contributed by atoms with E-state index in [0.29, 0.717) is 37.6 Å². The van der Waals surface area contributed by atoms with E-state index in [4.69, 9.17) is 4.74 Å². The van der Waals surface area contributed by atoms with Gasteiger partial charge in [-0.1, -0.05) is 12.1 Å². The van der Waals surface area contributed by atoms with Crippen LogP contribution in [0, 0.1) is 5.82 Å². The summed E-state index contributed by atoms with van der Waals surface area (Å²) in [6.45, 7) is 2.26. The number of hydrogen-bond donors (Lipinski definition) is 0. The number of anilines is 1. The Balaban J connectivity index is 1.46. The van der Waals surface area contributed by atoms with Gasteiger partial charge in [0, 0.05) is 38.8 Å². The van der Waals surface area contributed by atoms with Gasteiger partial charge in [-0.25, -0.2) is 4.39 Å². The lowest BCUT2D eigenvalue weighted by Gasteiger charge is -2.36. The highest BCUT2D eigenvalue weighted by atomic mass is 19.1. The lowest BCUT2D eigenvalue weighted by atomic mass is 10.1. The van der Waals surface area contributed by atoms with E-state index in [1.54, 1.807) is 35.9 Å². The maximum Gasteiger partial charge on any atom is 0.272 e. The summed E-state index contributed by atoms with van der Waals surface area (Å²) in [5.74, 6) is 0.477. The van der Waals surface area contributed by atoms with Gasteiger partial charge in [-0.05, 0) is 42.5 Å². The second-order valence-electron chi connectivity index (χ2n) is 7.00. The fourth-order valence-corrected chi connectivity index (χ4v) is 3.59. The molecule has 6 nitrogen and oxygen atoms in total. The van der Waals surface area contributed by atoms with Gasteiger partial charge in [0.2, 0.25) is 0 Å². The number of methoxy groups -OCH3 is 1. The van der Waals surface area contributed by atoms with Gasteiger partial charge in [0.15, 0.2) is 0 Å². The summed E-state index contributed by atoms with van der Waals surface area (Å²) in [5.41, 5.74) is 2.78. The van der Waals surface area contributed by atoms with Crippen molar-refractivity contribution in [3.63, 3.8) is 0 Å². The second-order valence-corrected chi connectivity index (χ2v) is 7.00. The number of aryl methyl sites for hydroxylation is 1. The Morgan fingerprint density at radius 1 is 1.03 bits per heavy atom. The quantitative estimate of drug-likeness (QED) is 0.682. The van der Waals surface area contributed by atoms with E-state index in [1.807, 2.05) is 41.3 Å². The zero-order valence-corrected chi connectivity index (χ0v) is 16.5. The summed E-state index contributed by atoms with van der Waals surface area (Å²) in [7, 11) is 3.40. The molecule has 0 aliphatic carbocycles. The molecule has 4 rings (SSSR count). The number of benzene rings is 2. The molecule has 1 fully saturated rings. The van der Waals surface area contributed by atoms with Crippen LogP contribution < -0.4 is 9.64 Å². The summed E-state index contributed by atoms with van der Waals surface area (Å²) >= 11 is 0. The minimum Gasteiger partial charge on any atom is -0.497 e.